The number of benzene rings is 3. The van der Waals surface area contributed by atoms with E-state index in [1.165, 1.54) is 37.4 Å². The molecule has 0 heterocycles. The Morgan fingerprint density at radius 1 is 1.06 bits per heavy atom. The maximum atomic E-state index is 12.2. The highest BCUT2D eigenvalue weighted by Crippen LogP contribution is 2.19. The first-order valence-corrected chi connectivity index (χ1v) is 10.0. The van der Waals surface area contributed by atoms with Gasteiger partial charge in [0, 0.05) is 17.2 Å². The number of carbonyl (C=O) groups is 2. The third kappa shape index (κ3) is 6.88. The first-order chi connectivity index (χ1) is 15.8. The molecule has 0 aliphatic rings. The van der Waals surface area contributed by atoms with Crippen molar-refractivity contribution in [3.8, 4) is 11.5 Å². The molecule has 0 aliphatic heterocycles. The zero-order valence-corrected chi connectivity index (χ0v) is 18.1. The minimum absolute atomic E-state index is 0.0786. The molecule has 0 aromatic heterocycles. The van der Waals surface area contributed by atoms with Crippen LogP contribution in [-0.2, 0) is 4.79 Å². The van der Waals surface area contributed by atoms with Crippen molar-refractivity contribution in [2.75, 3.05) is 0 Å². The standard InChI is InChI=1S/C23H18ClN3O6/c1-15(32-20-11-9-19(10-12-20)27(30)31)22(28)26-25-14-16-3-2-4-21(13-16)33-23(29)17-5-7-18(24)8-6-17/h2-15H,1H3,(H,26,28)/b25-14-/t15-/m0/s1. The van der Waals surface area contributed by atoms with Crippen LogP contribution in [0, 0.1) is 10.1 Å². The van der Waals surface area contributed by atoms with E-state index < -0.39 is 22.9 Å². The van der Waals surface area contributed by atoms with Crippen LogP contribution >= 0.6 is 11.6 Å². The minimum atomic E-state index is -0.893. The number of hydrogen-bond donors (Lipinski definition) is 1. The van der Waals surface area contributed by atoms with Gasteiger partial charge in [0.2, 0.25) is 0 Å². The van der Waals surface area contributed by atoms with E-state index in [1.807, 2.05) is 0 Å². The highest BCUT2D eigenvalue weighted by Gasteiger charge is 2.15. The first kappa shape index (κ1) is 23.4. The van der Waals surface area contributed by atoms with Gasteiger partial charge in [0.25, 0.3) is 11.6 Å². The van der Waals surface area contributed by atoms with Gasteiger partial charge in [-0.15, -0.1) is 0 Å². The topological polar surface area (TPSA) is 120 Å². The largest absolute Gasteiger partial charge is 0.481 e. The fourth-order valence-electron chi connectivity index (χ4n) is 2.58. The van der Waals surface area contributed by atoms with E-state index in [9.17, 15) is 19.7 Å². The van der Waals surface area contributed by atoms with Crippen LogP contribution in [0.2, 0.25) is 5.02 Å². The van der Waals surface area contributed by atoms with Crippen molar-refractivity contribution >= 4 is 35.4 Å². The van der Waals surface area contributed by atoms with E-state index in [-0.39, 0.29) is 5.69 Å². The average molecular weight is 468 g/mol. The Labute approximate surface area is 193 Å². The fourth-order valence-corrected chi connectivity index (χ4v) is 2.70. The summed E-state index contributed by atoms with van der Waals surface area (Å²) in [5, 5.41) is 15.1. The van der Waals surface area contributed by atoms with Gasteiger partial charge in [-0.2, -0.15) is 5.10 Å². The van der Waals surface area contributed by atoms with E-state index in [0.29, 0.717) is 27.6 Å². The smallest absolute Gasteiger partial charge is 0.343 e. The summed E-state index contributed by atoms with van der Waals surface area (Å²) in [4.78, 5) is 34.5. The Bertz CT molecular complexity index is 1180. The second-order valence-electron chi connectivity index (χ2n) is 6.71. The molecule has 9 nitrogen and oxygen atoms in total. The molecule has 0 saturated carbocycles. The quantitative estimate of drug-likeness (QED) is 0.172. The van der Waals surface area contributed by atoms with Crippen molar-refractivity contribution in [2.24, 2.45) is 5.10 Å². The summed E-state index contributed by atoms with van der Waals surface area (Å²) < 4.78 is 10.8. The zero-order chi connectivity index (χ0) is 23.8. The van der Waals surface area contributed by atoms with Gasteiger partial charge in [0.15, 0.2) is 6.10 Å². The number of rotatable bonds is 8. The van der Waals surface area contributed by atoms with Crippen LogP contribution in [0.1, 0.15) is 22.8 Å². The Kier molecular flexibility index (Phi) is 7.72. The molecule has 0 radical (unpaired) electrons. The van der Waals surface area contributed by atoms with E-state index in [1.54, 1.807) is 48.5 Å². The van der Waals surface area contributed by atoms with Gasteiger partial charge in [-0.3, -0.25) is 14.9 Å². The van der Waals surface area contributed by atoms with Gasteiger partial charge in [-0.1, -0.05) is 23.7 Å². The Morgan fingerprint density at radius 3 is 2.42 bits per heavy atom. The van der Waals surface area contributed by atoms with Crippen LogP contribution < -0.4 is 14.9 Å². The molecule has 0 bridgehead atoms. The summed E-state index contributed by atoms with van der Waals surface area (Å²) in [5.41, 5.74) is 3.21. The lowest BCUT2D eigenvalue weighted by Crippen LogP contribution is -2.33. The van der Waals surface area contributed by atoms with Crippen molar-refractivity contribution in [1.82, 2.24) is 5.43 Å². The van der Waals surface area contributed by atoms with Gasteiger partial charge in [0.05, 0.1) is 16.7 Å². The molecule has 3 aromatic rings. The summed E-state index contributed by atoms with van der Waals surface area (Å²) in [5.74, 6) is -0.441. The summed E-state index contributed by atoms with van der Waals surface area (Å²) >= 11 is 5.82. The molecule has 10 heteroatoms. The summed E-state index contributed by atoms with van der Waals surface area (Å²) in [6.07, 6.45) is 0.492. The lowest BCUT2D eigenvalue weighted by atomic mass is 10.2. The molecule has 168 valence electrons. The molecule has 3 aromatic carbocycles. The number of non-ortho nitro benzene ring substituents is 1. The van der Waals surface area contributed by atoms with E-state index >= 15 is 0 Å². The van der Waals surface area contributed by atoms with Crippen LogP contribution in [0.15, 0.2) is 77.9 Å². The number of hydrogen-bond acceptors (Lipinski definition) is 7. The molecule has 1 atom stereocenters. The molecule has 3 rings (SSSR count). The molecule has 0 saturated heterocycles. The molecule has 0 unspecified atom stereocenters. The molecule has 33 heavy (non-hydrogen) atoms. The Morgan fingerprint density at radius 2 is 1.76 bits per heavy atom. The number of hydrazone groups is 1. The number of esters is 1. The van der Waals surface area contributed by atoms with E-state index in [4.69, 9.17) is 21.1 Å². The van der Waals surface area contributed by atoms with Crippen LogP contribution in [0.4, 0.5) is 5.69 Å². The number of nitro groups is 1. The van der Waals surface area contributed by atoms with Crippen molar-refractivity contribution in [3.05, 3.63) is 99.1 Å². The number of carbonyl (C=O) groups excluding carboxylic acids is 2. The van der Waals surface area contributed by atoms with E-state index in [2.05, 4.69) is 10.5 Å². The Balaban J connectivity index is 1.54. The second-order valence-corrected chi connectivity index (χ2v) is 7.15. The normalized spacial score (nSPS) is 11.6. The lowest BCUT2D eigenvalue weighted by Gasteiger charge is -2.12. The van der Waals surface area contributed by atoms with Crippen molar-refractivity contribution in [1.29, 1.82) is 0 Å². The summed E-state index contributed by atoms with van der Waals surface area (Å²) in [6, 6.07) is 18.3. The number of amides is 1. The zero-order valence-electron chi connectivity index (χ0n) is 17.3. The Hall–Kier alpha value is -4.24. The molecule has 0 spiro atoms. The van der Waals surface area contributed by atoms with Crippen molar-refractivity contribution < 1.29 is 24.0 Å². The van der Waals surface area contributed by atoms with Gasteiger partial charge in [-0.05, 0) is 61.0 Å². The van der Waals surface area contributed by atoms with Crippen LogP contribution in [0.5, 0.6) is 11.5 Å². The van der Waals surface area contributed by atoms with Crippen molar-refractivity contribution in [2.45, 2.75) is 13.0 Å². The van der Waals surface area contributed by atoms with Crippen LogP contribution in [0.3, 0.4) is 0 Å². The summed E-state index contributed by atoms with van der Waals surface area (Å²) in [6.45, 7) is 1.52. The fraction of sp³-hybridized carbons (Fsp3) is 0.0870. The van der Waals surface area contributed by atoms with Gasteiger partial charge in [-0.25, -0.2) is 10.2 Å². The molecule has 1 N–H and O–H groups in total. The third-order valence-corrected chi connectivity index (χ3v) is 4.52. The molecule has 0 fully saturated rings. The SMILES string of the molecule is C[C@H](Oc1ccc([N+](=O)[O-])cc1)C(=O)N/N=C\c1cccc(OC(=O)c2ccc(Cl)cc2)c1. The molecule has 0 aliphatic carbocycles. The van der Waals surface area contributed by atoms with Gasteiger partial charge >= 0.3 is 5.97 Å². The molecular weight excluding hydrogens is 450 g/mol. The van der Waals surface area contributed by atoms with Gasteiger partial charge < -0.3 is 9.47 Å². The number of halogens is 1. The maximum Gasteiger partial charge on any atom is 0.343 e. The van der Waals surface area contributed by atoms with Crippen LogP contribution in [-0.4, -0.2) is 29.1 Å². The minimum Gasteiger partial charge on any atom is -0.481 e. The maximum absolute atomic E-state index is 12.2. The molecule has 1 amide bonds. The average Bonchev–Trinajstić information content (AvgIpc) is 2.80. The predicted molar refractivity (Wildman–Crippen MR) is 122 cm³/mol. The first-order valence-electron chi connectivity index (χ1n) is 9.63. The summed E-state index contributed by atoms with van der Waals surface area (Å²) in [7, 11) is 0. The van der Waals surface area contributed by atoms with Gasteiger partial charge in [0.1, 0.15) is 11.5 Å². The highest BCUT2D eigenvalue weighted by molar-refractivity contribution is 6.30. The highest BCUT2D eigenvalue weighted by atomic mass is 35.5. The second kappa shape index (κ2) is 10.9. The van der Waals surface area contributed by atoms with E-state index in [0.717, 1.165) is 0 Å². The number of nitrogens with zero attached hydrogens (tertiary/aromatic N) is 2. The number of nitrogens with one attached hydrogen (secondary N) is 1. The monoisotopic (exact) mass is 467 g/mol. The predicted octanol–water partition coefficient (Wildman–Crippen LogP) is 4.39. The van der Waals surface area contributed by atoms with Crippen LogP contribution in [0.25, 0.3) is 0 Å². The van der Waals surface area contributed by atoms with Crippen molar-refractivity contribution in [3.63, 3.8) is 0 Å². The molecular formula is C23H18ClN3O6. The number of nitro benzene ring substituents is 1. The number of ether oxygens (including phenoxy) is 2. The lowest BCUT2D eigenvalue weighted by molar-refractivity contribution is -0.384. The third-order valence-electron chi connectivity index (χ3n) is 4.27.